The highest BCUT2D eigenvalue weighted by Crippen LogP contribution is 2.20. The number of aliphatic hydroxyl groups is 1. The summed E-state index contributed by atoms with van der Waals surface area (Å²) in [7, 11) is -3.20. The normalized spacial score (nSPS) is 23.1. The molecule has 0 fully saturated rings. The number of rotatable bonds is 4. The lowest BCUT2D eigenvalue weighted by atomic mass is 10.1. The lowest BCUT2D eigenvalue weighted by Crippen LogP contribution is -2.45. The van der Waals surface area contributed by atoms with Crippen LogP contribution in [0.1, 0.15) is 20.8 Å². The summed E-state index contributed by atoms with van der Waals surface area (Å²) in [5.74, 6) is 0. The second kappa shape index (κ2) is 5.20. The van der Waals surface area contributed by atoms with Gasteiger partial charge in [-0.2, -0.15) is 0 Å². The molecular formula is C11H20N2O3S. The van der Waals surface area contributed by atoms with Gasteiger partial charge in [-0.3, -0.25) is 0 Å². The Hall–Kier alpha value is -0.850. The summed E-state index contributed by atoms with van der Waals surface area (Å²) < 4.78 is 24.5. The van der Waals surface area contributed by atoms with Crippen LogP contribution in [0, 0.1) is 0 Å². The molecule has 0 aromatic rings. The molecule has 0 saturated carbocycles. The van der Waals surface area contributed by atoms with Crippen LogP contribution in [0.25, 0.3) is 0 Å². The van der Waals surface area contributed by atoms with Gasteiger partial charge in [-0.15, -0.1) is 0 Å². The number of nitrogens with zero attached hydrogens (tertiary/aromatic N) is 1. The molecule has 1 heterocycles. The van der Waals surface area contributed by atoms with Gasteiger partial charge in [-0.25, -0.2) is 13.1 Å². The molecule has 0 bridgehead atoms. The van der Waals surface area contributed by atoms with Gasteiger partial charge in [0.25, 0.3) is 0 Å². The van der Waals surface area contributed by atoms with Crippen LogP contribution >= 0.6 is 0 Å². The fourth-order valence-corrected chi connectivity index (χ4v) is 2.30. The van der Waals surface area contributed by atoms with Crippen molar-refractivity contribution in [1.29, 1.82) is 0 Å². The van der Waals surface area contributed by atoms with E-state index < -0.39 is 16.3 Å². The smallest absolute Gasteiger partial charge is 0.208 e. The Labute approximate surface area is 103 Å². The van der Waals surface area contributed by atoms with Crippen LogP contribution in [0.15, 0.2) is 23.4 Å². The van der Waals surface area contributed by atoms with E-state index in [1.54, 1.807) is 4.90 Å². The highest BCUT2D eigenvalue weighted by atomic mass is 32.2. The zero-order valence-electron chi connectivity index (χ0n) is 10.6. The predicted octanol–water partition coefficient (Wildman–Crippen LogP) is 0.408. The van der Waals surface area contributed by atoms with Crippen molar-refractivity contribution >= 4 is 10.0 Å². The van der Waals surface area contributed by atoms with Crippen molar-refractivity contribution < 1.29 is 13.5 Å². The molecule has 1 rings (SSSR count). The van der Waals surface area contributed by atoms with E-state index >= 15 is 0 Å². The topological polar surface area (TPSA) is 69.6 Å². The number of allylic oxidation sites excluding steroid dienone is 2. The average molecular weight is 260 g/mol. The number of nitrogens with one attached hydrogen (secondary N) is 1. The molecular weight excluding hydrogens is 240 g/mol. The maximum absolute atomic E-state index is 11.0. The second-order valence-corrected chi connectivity index (χ2v) is 6.39. The first-order chi connectivity index (χ1) is 7.70. The maximum Gasteiger partial charge on any atom is 0.208 e. The van der Waals surface area contributed by atoms with Gasteiger partial charge in [-0.1, -0.05) is 6.08 Å². The molecule has 0 spiro atoms. The largest absolute Gasteiger partial charge is 0.370 e. The average Bonchev–Trinajstić information content (AvgIpc) is 2.19. The zero-order chi connectivity index (χ0) is 13.2. The van der Waals surface area contributed by atoms with Crippen molar-refractivity contribution in [3.05, 3.63) is 23.4 Å². The van der Waals surface area contributed by atoms with Crippen molar-refractivity contribution in [2.75, 3.05) is 12.8 Å². The molecule has 0 radical (unpaired) electrons. The molecule has 6 heteroatoms. The van der Waals surface area contributed by atoms with Crippen LogP contribution < -0.4 is 4.72 Å². The van der Waals surface area contributed by atoms with Crippen molar-refractivity contribution in [2.45, 2.75) is 33.0 Å². The predicted molar refractivity (Wildman–Crippen MR) is 67.7 cm³/mol. The zero-order valence-corrected chi connectivity index (χ0v) is 11.5. The Bertz CT molecular complexity index is 440. The monoisotopic (exact) mass is 260 g/mol. The van der Waals surface area contributed by atoms with Crippen LogP contribution in [0.5, 0.6) is 0 Å². The molecule has 1 unspecified atom stereocenters. The van der Waals surface area contributed by atoms with Crippen LogP contribution in [0.3, 0.4) is 0 Å². The molecule has 1 aliphatic rings. The molecule has 2 N–H and O–H groups in total. The Morgan fingerprint density at radius 1 is 1.53 bits per heavy atom. The summed E-state index contributed by atoms with van der Waals surface area (Å²) in [4.78, 5) is 1.75. The van der Waals surface area contributed by atoms with Gasteiger partial charge in [0.1, 0.15) is 6.23 Å². The first-order valence-electron chi connectivity index (χ1n) is 5.47. The van der Waals surface area contributed by atoms with Crippen LogP contribution in [0.4, 0.5) is 0 Å². The van der Waals surface area contributed by atoms with Gasteiger partial charge in [0.15, 0.2) is 0 Å². The Balaban J connectivity index is 2.70. The third-order valence-electron chi connectivity index (χ3n) is 2.65. The molecule has 0 aromatic carbocycles. The van der Waals surface area contributed by atoms with Gasteiger partial charge in [0, 0.05) is 18.8 Å². The minimum atomic E-state index is -3.20. The summed E-state index contributed by atoms with van der Waals surface area (Å²) in [6.45, 7) is 5.93. The lowest BCUT2D eigenvalue weighted by molar-refractivity contribution is 0.0424. The summed E-state index contributed by atoms with van der Waals surface area (Å²) in [5, 5.41) is 9.99. The standard InChI is InChI=1S/C11H20N2O3S/c1-8-5-9(2)11(14)13(7-8)10(3)6-12-17(4,15)16/h5,7,10-12,14H,6H2,1-4H3/t10-,11?/m1/s1. The summed E-state index contributed by atoms with van der Waals surface area (Å²) in [6.07, 6.45) is 4.19. The summed E-state index contributed by atoms with van der Waals surface area (Å²) in [6, 6.07) is -0.113. The Kier molecular flexibility index (Phi) is 4.35. The van der Waals surface area contributed by atoms with Gasteiger partial charge in [0.2, 0.25) is 10.0 Å². The van der Waals surface area contributed by atoms with E-state index in [1.165, 1.54) is 0 Å². The van der Waals surface area contributed by atoms with Crippen LogP contribution in [0.2, 0.25) is 0 Å². The van der Waals surface area contributed by atoms with Crippen molar-refractivity contribution in [1.82, 2.24) is 9.62 Å². The first kappa shape index (κ1) is 14.2. The number of aliphatic hydroxyl groups excluding tert-OH is 1. The Morgan fingerprint density at radius 3 is 2.65 bits per heavy atom. The molecule has 0 saturated heterocycles. The van der Waals surface area contributed by atoms with Crippen molar-refractivity contribution in [3.63, 3.8) is 0 Å². The molecule has 17 heavy (non-hydrogen) atoms. The van der Waals surface area contributed by atoms with Crippen LogP contribution in [-0.4, -0.2) is 43.5 Å². The van der Waals surface area contributed by atoms with E-state index in [0.717, 1.165) is 17.4 Å². The lowest BCUT2D eigenvalue weighted by Gasteiger charge is -2.35. The molecule has 0 aromatic heterocycles. The molecule has 1 aliphatic heterocycles. The molecule has 2 atom stereocenters. The Morgan fingerprint density at radius 2 is 2.12 bits per heavy atom. The van der Waals surface area contributed by atoms with Crippen molar-refractivity contribution in [2.24, 2.45) is 0 Å². The van der Waals surface area contributed by atoms with Crippen molar-refractivity contribution in [3.8, 4) is 0 Å². The fourth-order valence-electron chi connectivity index (χ4n) is 1.76. The second-order valence-electron chi connectivity index (χ2n) is 4.55. The van der Waals surface area contributed by atoms with E-state index in [4.69, 9.17) is 0 Å². The molecule has 0 aliphatic carbocycles. The van der Waals surface area contributed by atoms with Gasteiger partial charge < -0.3 is 10.0 Å². The molecule has 0 amide bonds. The van der Waals surface area contributed by atoms with E-state index in [0.29, 0.717) is 0 Å². The van der Waals surface area contributed by atoms with Gasteiger partial charge in [-0.05, 0) is 31.9 Å². The number of hydrogen-bond donors (Lipinski definition) is 2. The highest BCUT2D eigenvalue weighted by molar-refractivity contribution is 7.88. The van der Waals surface area contributed by atoms with Crippen LogP contribution in [-0.2, 0) is 10.0 Å². The maximum atomic E-state index is 11.0. The molecule has 5 nitrogen and oxygen atoms in total. The van der Waals surface area contributed by atoms with E-state index in [2.05, 4.69) is 4.72 Å². The van der Waals surface area contributed by atoms with E-state index in [1.807, 2.05) is 33.0 Å². The first-order valence-corrected chi connectivity index (χ1v) is 7.36. The quantitative estimate of drug-likeness (QED) is 0.768. The van der Waals surface area contributed by atoms with E-state index in [-0.39, 0.29) is 12.6 Å². The molecule has 98 valence electrons. The third-order valence-corrected chi connectivity index (χ3v) is 3.34. The van der Waals surface area contributed by atoms with E-state index in [9.17, 15) is 13.5 Å². The fraction of sp³-hybridized carbons (Fsp3) is 0.636. The number of sulfonamides is 1. The highest BCUT2D eigenvalue weighted by Gasteiger charge is 2.23. The number of hydrogen-bond acceptors (Lipinski definition) is 4. The summed E-state index contributed by atoms with van der Waals surface area (Å²) in [5.41, 5.74) is 1.90. The summed E-state index contributed by atoms with van der Waals surface area (Å²) >= 11 is 0. The SMILES string of the molecule is CC1=CN([C@H](C)CNS(C)(=O)=O)C(O)C(C)=C1. The minimum Gasteiger partial charge on any atom is -0.370 e. The van der Waals surface area contributed by atoms with Gasteiger partial charge >= 0.3 is 0 Å². The minimum absolute atomic E-state index is 0.113. The van der Waals surface area contributed by atoms with Gasteiger partial charge in [0.05, 0.1) is 6.26 Å². The third kappa shape index (κ3) is 4.14.